The van der Waals surface area contributed by atoms with Gasteiger partial charge in [-0.15, -0.1) is 0 Å². The summed E-state index contributed by atoms with van der Waals surface area (Å²) in [5.74, 6) is 0. The van der Waals surface area contributed by atoms with Gasteiger partial charge in [0.2, 0.25) is 0 Å². The quantitative estimate of drug-likeness (QED) is 0.609. The average molecular weight is 297 g/mol. The SMILES string of the molecule is CCC[O][SnH]([O]CCC)[O]CCC. The third kappa shape index (κ3) is 8.99. The van der Waals surface area contributed by atoms with E-state index in [9.17, 15) is 0 Å². The first-order valence-corrected chi connectivity index (χ1v) is 9.23. The third-order valence-corrected chi connectivity index (χ3v) is 5.72. The van der Waals surface area contributed by atoms with Crippen LogP contribution >= 0.6 is 0 Å². The summed E-state index contributed by atoms with van der Waals surface area (Å²) in [6.07, 6.45) is 3.12. The Labute approximate surface area is 90.1 Å². The predicted octanol–water partition coefficient (Wildman–Crippen LogP) is 1.98. The Morgan fingerprint density at radius 3 is 1.23 bits per heavy atom. The molecule has 0 saturated carbocycles. The van der Waals surface area contributed by atoms with Gasteiger partial charge in [0, 0.05) is 0 Å². The van der Waals surface area contributed by atoms with Crippen molar-refractivity contribution in [3.8, 4) is 0 Å². The minimum absolute atomic E-state index is 0.786. The molecule has 4 heteroatoms. The van der Waals surface area contributed by atoms with Crippen LogP contribution in [0.3, 0.4) is 0 Å². The second-order valence-electron chi connectivity index (χ2n) is 2.90. The van der Waals surface area contributed by atoms with Gasteiger partial charge in [0.15, 0.2) is 0 Å². The van der Waals surface area contributed by atoms with E-state index in [1.54, 1.807) is 0 Å². The maximum atomic E-state index is 5.56. The molecule has 13 heavy (non-hydrogen) atoms. The van der Waals surface area contributed by atoms with Gasteiger partial charge in [-0.2, -0.15) is 0 Å². The molecule has 0 aliphatic rings. The molecule has 0 amide bonds. The van der Waals surface area contributed by atoms with E-state index in [1.807, 2.05) is 0 Å². The number of hydrogen-bond donors (Lipinski definition) is 0. The molecule has 3 nitrogen and oxygen atoms in total. The van der Waals surface area contributed by atoms with E-state index in [0.29, 0.717) is 0 Å². The van der Waals surface area contributed by atoms with E-state index in [-0.39, 0.29) is 0 Å². The van der Waals surface area contributed by atoms with Crippen molar-refractivity contribution in [3.63, 3.8) is 0 Å². The number of hydrogen-bond acceptors (Lipinski definition) is 3. The summed E-state index contributed by atoms with van der Waals surface area (Å²) in [6.45, 7) is 8.66. The molecule has 0 spiro atoms. The van der Waals surface area contributed by atoms with Gasteiger partial charge >= 0.3 is 90.1 Å². The zero-order valence-corrected chi connectivity index (χ0v) is 12.3. The Hall–Kier alpha value is 0.679. The molecule has 0 unspecified atom stereocenters. The fourth-order valence-corrected chi connectivity index (χ4v) is 5.28. The van der Waals surface area contributed by atoms with Crippen LogP contribution < -0.4 is 0 Å². The van der Waals surface area contributed by atoms with Gasteiger partial charge in [0.05, 0.1) is 0 Å². The monoisotopic (exact) mass is 298 g/mol. The van der Waals surface area contributed by atoms with Crippen LogP contribution in [0.4, 0.5) is 0 Å². The molecule has 0 N–H and O–H groups in total. The van der Waals surface area contributed by atoms with Crippen molar-refractivity contribution >= 4 is 21.0 Å². The zero-order chi connectivity index (χ0) is 9.94. The molecule has 0 aliphatic carbocycles. The van der Waals surface area contributed by atoms with E-state index in [1.165, 1.54) is 0 Å². The molecule has 0 rings (SSSR count). The topological polar surface area (TPSA) is 27.7 Å². The van der Waals surface area contributed by atoms with E-state index in [2.05, 4.69) is 20.8 Å². The summed E-state index contributed by atoms with van der Waals surface area (Å²) >= 11 is -2.47. The van der Waals surface area contributed by atoms with E-state index >= 15 is 0 Å². The van der Waals surface area contributed by atoms with E-state index in [0.717, 1.165) is 39.1 Å². The van der Waals surface area contributed by atoms with Crippen molar-refractivity contribution in [3.05, 3.63) is 0 Å². The van der Waals surface area contributed by atoms with Crippen LogP contribution in [-0.2, 0) is 9.22 Å². The molecule has 0 aromatic heterocycles. The fourth-order valence-electron chi connectivity index (χ4n) is 0.787. The summed E-state index contributed by atoms with van der Waals surface area (Å²) in [6, 6.07) is 0. The normalized spacial score (nSPS) is 11.1. The van der Waals surface area contributed by atoms with Crippen molar-refractivity contribution in [1.82, 2.24) is 0 Å². The molecule has 0 saturated heterocycles. The van der Waals surface area contributed by atoms with Crippen LogP contribution in [0.1, 0.15) is 40.0 Å². The summed E-state index contributed by atoms with van der Waals surface area (Å²) < 4.78 is 16.7. The van der Waals surface area contributed by atoms with Crippen LogP contribution in [0, 0.1) is 0 Å². The Bertz CT molecular complexity index is 81.8. The summed E-state index contributed by atoms with van der Waals surface area (Å²) in [5, 5.41) is 0. The first kappa shape index (κ1) is 13.7. The summed E-state index contributed by atoms with van der Waals surface area (Å²) in [4.78, 5) is 0. The Balaban J connectivity index is 3.47. The molecular weight excluding hydrogens is 275 g/mol. The van der Waals surface area contributed by atoms with E-state index in [4.69, 9.17) is 9.22 Å². The molecule has 80 valence electrons. The standard InChI is InChI=1S/3C3H7O.Sn.H/c3*1-2-3-4;;/h3*2-3H2,1H3;;/q3*-1;+3;. The van der Waals surface area contributed by atoms with Gasteiger partial charge in [0.1, 0.15) is 0 Å². The fraction of sp³-hybridized carbons (Fsp3) is 1.00. The molecule has 0 aliphatic heterocycles. The Kier molecular flexibility index (Phi) is 11.3. The second-order valence-corrected chi connectivity index (χ2v) is 7.40. The first-order chi connectivity index (χ1) is 6.35. The molecule has 0 aromatic carbocycles. The molecular formula is C9H22O3Sn. The summed E-state index contributed by atoms with van der Waals surface area (Å²) in [5.41, 5.74) is 0. The van der Waals surface area contributed by atoms with Gasteiger partial charge in [-0.3, -0.25) is 0 Å². The van der Waals surface area contributed by atoms with Gasteiger partial charge < -0.3 is 0 Å². The van der Waals surface area contributed by atoms with Crippen LogP contribution in [0.15, 0.2) is 0 Å². The van der Waals surface area contributed by atoms with Crippen molar-refractivity contribution in [2.45, 2.75) is 40.0 Å². The Morgan fingerprint density at radius 1 is 0.692 bits per heavy atom. The van der Waals surface area contributed by atoms with Crippen molar-refractivity contribution in [1.29, 1.82) is 0 Å². The molecule has 0 radical (unpaired) electrons. The van der Waals surface area contributed by atoms with Crippen LogP contribution in [0.2, 0.25) is 0 Å². The number of rotatable bonds is 9. The summed E-state index contributed by atoms with van der Waals surface area (Å²) in [7, 11) is 0. The van der Waals surface area contributed by atoms with E-state index < -0.39 is 21.0 Å². The average Bonchev–Trinajstić information content (AvgIpc) is 2.17. The van der Waals surface area contributed by atoms with Crippen LogP contribution in [0.25, 0.3) is 0 Å². The van der Waals surface area contributed by atoms with Gasteiger partial charge in [0.25, 0.3) is 0 Å². The second kappa shape index (κ2) is 10.8. The van der Waals surface area contributed by atoms with Gasteiger partial charge in [-0.1, -0.05) is 0 Å². The Morgan fingerprint density at radius 2 is 1.00 bits per heavy atom. The van der Waals surface area contributed by atoms with Crippen LogP contribution in [-0.4, -0.2) is 40.8 Å². The zero-order valence-electron chi connectivity index (χ0n) is 9.04. The van der Waals surface area contributed by atoms with Crippen molar-refractivity contribution in [2.75, 3.05) is 19.8 Å². The molecule has 0 aromatic rings. The van der Waals surface area contributed by atoms with Crippen LogP contribution in [0.5, 0.6) is 0 Å². The van der Waals surface area contributed by atoms with Gasteiger partial charge in [-0.25, -0.2) is 0 Å². The third-order valence-electron chi connectivity index (χ3n) is 1.37. The molecule has 0 heterocycles. The predicted molar refractivity (Wildman–Crippen MR) is 55.9 cm³/mol. The van der Waals surface area contributed by atoms with Gasteiger partial charge in [-0.05, 0) is 0 Å². The first-order valence-electron chi connectivity index (χ1n) is 5.19. The molecule has 0 fully saturated rings. The maximum absolute atomic E-state index is 5.56. The van der Waals surface area contributed by atoms with Crippen molar-refractivity contribution in [2.24, 2.45) is 0 Å². The minimum atomic E-state index is -2.47. The molecule has 0 atom stereocenters. The van der Waals surface area contributed by atoms with Crippen molar-refractivity contribution < 1.29 is 9.22 Å². The molecule has 0 bridgehead atoms.